The summed E-state index contributed by atoms with van der Waals surface area (Å²) in [6, 6.07) is 9.55. The van der Waals surface area contributed by atoms with Gasteiger partial charge in [0, 0.05) is 41.1 Å². The van der Waals surface area contributed by atoms with Crippen molar-refractivity contribution in [2.75, 3.05) is 0 Å². The Morgan fingerprint density at radius 3 is 2.78 bits per heavy atom. The van der Waals surface area contributed by atoms with E-state index in [-0.39, 0.29) is 5.91 Å². The lowest BCUT2D eigenvalue weighted by molar-refractivity contribution is -0.123. The van der Waals surface area contributed by atoms with Gasteiger partial charge in [0.1, 0.15) is 0 Å². The minimum atomic E-state index is -0.421. The Labute approximate surface area is 138 Å². The van der Waals surface area contributed by atoms with Crippen LogP contribution in [0.2, 0.25) is 5.02 Å². The van der Waals surface area contributed by atoms with Crippen LogP contribution in [0, 0.1) is 0 Å². The molecule has 3 aromatic rings. The van der Waals surface area contributed by atoms with Crippen molar-refractivity contribution < 1.29 is 4.79 Å². The summed E-state index contributed by atoms with van der Waals surface area (Å²) in [7, 11) is 0. The molecule has 5 heteroatoms. The third-order valence-electron chi connectivity index (χ3n) is 4.55. The second-order valence-corrected chi connectivity index (χ2v) is 6.45. The molecule has 0 saturated heterocycles. The first-order chi connectivity index (χ1) is 11.2. The number of fused-ring (bicyclic) bond motifs is 1. The highest BCUT2D eigenvalue weighted by atomic mass is 35.5. The van der Waals surface area contributed by atoms with E-state index >= 15 is 0 Å². The van der Waals surface area contributed by atoms with E-state index in [0.717, 1.165) is 34.9 Å². The standard InChI is InChI=1S/C18H16ClN3O/c19-13-1-2-16-14(9-13)15(11-21-16)18(5-6-18)17(23)22-10-12-3-7-20-8-4-12/h1-4,7-9,11,21H,5-6,10H2,(H,22,23). The van der Waals surface area contributed by atoms with Gasteiger partial charge in [0.2, 0.25) is 5.91 Å². The van der Waals surface area contributed by atoms with Crippen molar-refractivity contribution in [3.8, 4) is 0 Å². The van der Waals surface area contributed by atoms with Gasteiger partial charge in [0.15, 0.2) is 0 Å². The summed E-state index contributed by atoms with van der Waals surface area (Å²) in [5.74, 6) is 0.0789. The number of hydrogen-bond donors (Lipinski definition) is 2. The van der Waals surface area contributed by atoms with Crippen LogP contribution in [0.4, 0.5) is 0 Å². The molecule has 1 aliphatic rings. The van der Waals surface area contributed by atoms with Gasteiger partial charge >= 0.3 is 0 Å². The molecule has 23 heavy (non-hydrogen) atoms. The molecular weight excluding hydrogens is 310 g/mol. The number of benzene rings is 1. The summed E-state index contributed by atoms with van der Waals surface area (Å²) in [6.07, 6.45) is 7.15. The summed E-state index contributed by atoms with van der Waals surface area (Å²) in [5.41, 5.74) is 2.68. The minimum Gasteiger partial charge on any atom is -0.361 e. The molecule has 0 atom stereocenters. The highest BCUT2D eigenvalue weighted by Gasteiger charge is 2.52. The summed E-state index contributed by atoms with van der Waals surface area (Å²) in [6.45, 7) is 0.520. The van der Waals surface area contributed by atoms with Gasteiger partial charge in [-0.25, -0.2) is 0 Å². The SMILES string of the molecule is O=C(NCc1ccncc1)C1(c2c[nH]c3ccc(Cl)cc23)CC1. The molecule has 1 aromatic carbocycles. The molecule has 1 aliphatic carbocycles. The average molecular weight is 326 g/mol. The van der Waals surface area contributed by atoms with E-state index in [1.807, 2.05) is 36.5 Å². The van der Waals surface area contributed by atoms with Gasteiger partial charge in [-0.05, 0) is 54.3 Å². The number of amides is 1. The summed E-state index contributed by atoms with van der Waals surface area (Å²) in [5, 5.41) is 4.78. The number of H-pyrrole nitrogens is 1. The molecule has 2 heterocycles. The van der Waals surface area contributed by atoms with Crippen molar-refractivity contribution in [2.45, 2.75) is 24.8 Å². The largest absolute Gasteiger partial charge is 0.361 e. The van der Waals surface area contributed by atoms with Gasteiger partial charge in [-0.15, -0.1) is 0 Å². The molecule has 4 nitrogen and oxygen atoms in total. The van der Waals surface area contributed by atoms with E-state index in [1.165, 1.54) is 0 Å². The third-order valence-corrected chi connectivity index (χ3v) is 4.78. The molecule has 0 spiro atoms. The molecule has 4 rings (SSSR count). The van der Waals surface area contributed by atoms with Gasteiger partial charge in [-0.1, -0.05) is 11.6 Å². The van der Waals surface area contributed by atoms with E-state index in [9.17, 15) is 4.79 Å². The second-order valence-electron chi connectivity index (χ2n) is 6.01. The monoisotopic (exact) mass is 325 g/mol. The van der Waals surface area contributed by atoms with E-state index in [0.29, 0.717) is 11.6 Å². The van der Waals surface area contributed by atoms with Crippen molar-refractivity contribution in [1.82, 2.24) is 15.3 Å². The molecule has 0 radical (unpaired) electrons. The molecular formula is C18H16ClN3O. The van der Waals surface area contributed by atoms with Crippen molar-refractivity contribution in [1.29, 1.82) is 0 Å². The third kappa shape index (κ3) is 2.49. The van der Waals surface area contributed by atoms with Gasteiger partial charge < -0.3 is 10.3 Å². The number of halogens is 1. The predicted octanol–water partition coefficient (Wildman–Crippen LogP) is 3.56. The smallest absolute Gasteiger partial charge is 0.231 e. The van der Waals surface area contributed by atoms with Crippen LogP contribution in [-0.2, 0) is 16.8 Å². The fourth-order valence-corrected chi connectivity index (χ4v) is 3.26. The fourth-order valence-electron chi connectivity index (χ4n) is 3.08. The Kier molecular flexibility index (Phi) is 3.34. The normalized spacial score (nSPS) is 15.5. The van der Waals surface area contributed by atoms with Crippen LogP contribution in [-0.4, -0.2) is 15.9 Å². The summed E-state index contributed by atoms with van der Waals surface area (Å²) < 4.78 is 0. The Balaban J connectivity index is 1.59. The molecule has 2 N–H and O–H groups in total. The predicted molar refractivity (Wildman–Crippen MR) is 90.3 cm³/mol. The lowest BCUT2D eigenvalue weighted by Crippen LogP contribution is -2.34. The fraction of sp³-hybridized carbons (Fsp3) is 0.222. The number of rotatable bonds is 4. The molecule has 1 saturated carbocycles. The minimum absolute atomic E-state index is 0.0789. The van der Waals surface area contributed by atoms with Crippen LogP contribution in [0.5, 0.6) is 0 Å². The maximum Gasteiger partial charge on any atom is 0.231 e. The number of carbonyl (C=O) groups is 1. The first kappa shape index (κ1) is 14.3. The van der Waals surface area contributed by atoms with Gasteiger partial charge in [-0.3, -0.25) is 9.78 Å². The zero-order valence-electron chi connectivity index (χ0n) is 12.5. The lowest BCUT2D eigenvalue weighted by atomic mass is 9.94. The lowest BCUT2D eigenvalue weighted by Gasteiger charge is -2.15. The van der Waals surface area contributed by atoms with Crippen molar-refractivity contribution in [2.24, 2.45) is 0 Å². The Morgan fingerprint density at radius 1 is 1.26 bits per heavy atom. The molecule has 1 fully saturated rings. The molecule has 2 aromatic heterocycles. The van der Waals surface area contributed by atoms with Gasteiger partial charge in [0.25, 0.3) is 0 Å². The maximum absolute atomic E-state index is 12.8. The molecule has 0 aliphatic heterocycles. The van der Waals surface area contributed by atoms with Crippen molar-refractivity contribution in [3.63, 3.8) is 0 Å². The first-order valence-corrected chi connectivity index (χ1v) is 8.01. The molecule has 0 unspecified atom stereocenters. The van der Waals surface area contributed by atoms with Gasteiger partial charge in [-0.2, -0.15) is 0 Å². The zero-order chi connectivity index (χ0) is 15.9. The van der Waals surface area contributed by atoms with Crippen LogP contribution >= 0.6 is 11.6 Å². The van der Waals surface area contributed by atoms with Crippen LogP contribution in [0.25, 0.3) is 10.9 Å². The highest BCUT2D eigenvalue weighted by molar-refractivity contribution is 6.31. The zero-order valence-corrected chi connectivity index (χ0v) is 13.2. The number of carbonyl (C=O) groups excluding carboxylic acids is 1. The van der Waals surface area contributed by atoms with E-state index in [4.69, 9.17) is 11.6 Å². The van der Waals surface area contributed by atoms with Crippen molar-refractivity contribution in [3.05, 3.63) is 65.1 Å². The van der Waals surface area contributed by atoms with Crippen LogP contribution < -0.4 is 5.32 Å². The molecule has 0 bridgehead atoms. The number of pyridine rings is 1. The number of aromatic amines is 1. The van der Waals surface area contributed by atoms with Crippen molar-refractivity contribution >= 4 is 28.4 Å². The second kappa shape index (κ2) is 5.39. The Bertz CT molecular complexity index is 868. The number of nitrogens with one attached hydrogen (secondary N) is 2. The Hall–Kier alpha value is -2.33. The average Bonchev–Trinajstić information content (AvgIpc) is 3.28. The van der Waals surface area contributed by atoms with E-state index in [1.54, 1.807) is 12.4 Å². The van der Waals surface area contributed by atoms with Crippen LogP contribution in [0.15, 0.2) is 48.9 Å². The molecule has 116 valence electrons. The van der Waals surface area contributed by atoms with Crippen LogP contribution in [0.1, 0.15) is 24.0 Å². The summed E-state index contributed by atoms with van der Waals surface area (Å²) in [4.78, 5) is 20.0. The number of nitrogens with zero attached hydrogens (tertiary/aromatic N) is 1. The summed E-state index contributed by atoms with van der Waals surface area (Å²) >= 11 is 6.12. The van der Waals surface area contributed by atoms with Gasteiger partial charge in [0.05, 0.1) is 5.41 Å². The first-order valence-electron chi connectivity index (χ1n) is 7.63. The highest BCUT2D eigenvalue weighted by Crippen LogP contribution is 2.50. The van der Waals surface area contributed by atoms with Crippen LogP contribution in [0.3, 0.4) is 0 Å². The number of hydrogen-bond acceptors (Lipinski definition) is 2. The maximum atomic E-state index is 12.8. The topological polar surface area (TPSA) is 57.8 Å². The Morgan fingerprint density at radius 2 is 2.04 bits per heavy atom. The number of aromatic nitrogens is 2. The quantitative estimate of drug-likeness (QED) is 0.770. The molecule has 1 amide bonds. The van der Waals surface area contributed by atoms with E-state index < -0.39 is 5.41 Å². The van der Waals surface area contributed by atoms with E-state index in [2.05, 4.69) is 15.3 Å².